The van der Waals surface area contributed by atoms with Gasteiger partial charge in [0.2, 0.25) is 0 Å². The maximum atomic E-state index is 12.7. The Morgan fingerprint density at radius 2 is 1.69 bits per heavy atom. The van der Waals surface area contributed by atoms with Gasteiger partial charge in [0.15, 0.2) is 0 Å². The van der Waals surface area contributed by atoms with Crippen molar-refractivity contribution in [1.29, 1.82) is 0 Å². The third kappa shape index (κ3) is 3.60. The van der Waals surface area contributed by atoms with Gasteiger partial charge in [0.05, 0.1) is 6.04 Å². The lowest BCUT2D eigenvalue weighted by Crippen LogP contribution is -2.32. The average Bonchev–Trinajstić information content (AvgIpc) is 3.09. The van der Waals surface area contributed by atoms with E-state index in [-0.39, 0.29) is 17.9 Å². The van der Waals surface area contributed by atoms with Crippen molar-refractivity contribution in [3.8, 4) is 0 Å². The van der Waals surface area contributed by atoms with E-state index in [0.29, 0.717) is 11.3 Å². The van der Waals surface area contributed by atoms with E-state index in [4.69, 9.17) is 5.21 Å². The minimum Gasteiger partial charge on any atom is -0.351 e. The summed E-state index contributed by atoms with van der Waals surface area (Å²) in [7, 11) is 0. The standard InChI is InChI=1S/C20H21N3O3/c1-12(2)18(13-7-9-14(10-8-13)19(24)23-26)22-20(25)17-11-15-5-3-4-6-16(15)21-17/h3-12,18,21,26H,1-2H3,(H,22,25)(H,23,24)/t18-/m0/s1. The first-order valence-corrected chi connectivity index (χ1v) is 8.42. The van der Waals surface area contributed by atoms with Crippen LogP contribution in [-0.2, 0) is 0 Å². The topological polar surface area (TPSA) is 94.2 Å². The van der Waals surface area contributed by atoms with E-state index in [1.807, 2.05) is 44.2 Å². The second-order valence-electron chi connectivity index (χ2n) is 6.53. The molecule has 0 spiro atoms. The van der Waals surface area contributed by atoms with Crippen LogP contribution in [0, 0.1) is 5.92 Å². The second-order valence-corrected chi connectivity index (χ2v) is 6.53. The third-order valence-corrected chi connectivity index (χ3v) is 4.36. The van der Waals surface area contributed by atoms with Crippen LogP contribution in [0.5, 0.6) is 0 Å². The maximum absolute atomic E-state index is 12.7. The first-order chi connectivity index (χ1) is 12.5. The van der Waals surface area contributed by atoms with Crippen molar-refractivity contribution in [3.05, 3.63) is 71.4 Å². The first kappa shape index (κ1) is 17.7. The molecule has 4 N–H and O–H groups in total. The summed E-state index contributed by atoms with van der Waals surface area (Å²) < 4.78 is 0. The number of benzene rings is 2. The first-order valence-electron chi connectivity index (χ1n) is 8.42. The van der Waals surface area contributed by atoms with Gasteiger partial charge in [-0.2, -0.15) is 0 Å². The van der Waals surface area contributed by atoms with Crippen LogP contribution in [-0.4, -0.2) is 22.0 Å². The van der Waals surface area contributed by atoms with Gasteiger partial charge in [-0.1, -0.05) is 44.2 Å². The molecule has 0 fully saturated rings. The van der Waals surface area contributed by atoms with Crippen LogP contribution in [0.15, 0.2) is 54.6 Å². The molecule has 0 bridgehead atoms. The van der Waals surface area contributed by atoms with Crippen molar-refractivity contribution in [3.63, 3.8) is 0 Å². The molecule has 6 nitrogen and oxygen atoms in total. The number of carbonyl (C=O) groups excluding carboxylic acids is 2. The van der Waals surface area contributed by atoms with Crippen molar-refractivity contribution in [2.45, 2.75) is 19.9 Å². The fourth-order valence-corrected chi connectivity index (χ4v) is 2.96. The highest BCUT2D eigenvalue weighted by Crippen LogP contribution is 2.23. The molecule has 0 unspecified atom stereocenters. The number of aromatic amines is 1. The lowest BCUT2D eigenvalue weighted by Gasteiger charge is -2.23. The second kappa shape index (κ2) is 7.41. The molecule has 1 atom stereocenters. The zero-order valence-electron chi connectivity index (χ0n) is 14.6. The van der Waals surface area contributed by atoms with E-state index in [1.165, 1.54) is 0 Å². The molecule has 3 aromatic rings. The van der Waals surface area contributed by atoms with Crippen molar-refractivity contribution in [2.24, 2.45) is 5.92 Å². The smallest absolute Gasteiger partial charge is 0.274 e. The predicted molar refractivity (Wildman–Crippen MR) is 99.0 cm³/mol. The van der Waals surface area contributed by atoms with Crippen LogP contribution in [0.3, 0.4) is 0 Å². The zero-order chi connectivity index (χ0) is 18.7. The van der Waals surface area contributed by atoms with E-state index >= 15 is 0 Å². The molecular weight excluding hydrogens is 330 g/mol. The number of hydroxylamine groups is 1. The predicted octanol–water partition coefficient (Wildman–Crippen LogP) is 3.41. The monoisotopic (exact) mass is 351 g/mol. The van der Waals surface area contributed by atoms with Crippen LogP contribution in [0.4, 0.5) is 0 Å². The Kier molecular flexibility index (Phi) is 5.04. The summed E-state index contributed by atoms with van der Waals surface area (Å²) in [5.41, 5.74) is 4.26. The summed E-state index contributed by atoms with van der Waals surface area (Å²) in [6, 6.07) is 16.1. The van der Waals surface area contributed by atoms with Gasteiger partial charge in [0.1, 0.15) is 5.69 Å². The Balaban J connectivity index is 1.81. The highest BCUT2D eigenvalue weighted by molar-refractivity contribution is 5.98. The Morgan fingerprint density at radius 1 is 1.00 bits per heavy atom. The molecule has 2 aromatic carbocycles. The number of aromatic nitrogens is 1. The van der Waals surface area contributed by atoms with Gasteiger partial charge in [-0.15, -0.1) is 0 Å². The minimum atomic E-state index is -0.570. The molecule has 3 rings (SSSR count). The number of carbonyl (C=O) groups is 2. The van der Waals surface area contributed by atoms with E-state index in [0.717, 1.165) is 16.5 Å². The fourth-order valence-electron chi connectivity index (χ4n) is 2.96. The van der Waals surface area contributed by atoms with E-state index in [9.17, 15) is 9.59 Å². The summed E-state index contributed by atoms with van der Waals surface area (Å²) in [4.78, 5) is 27.3. The summed E-state index contributed by atoms with van der Waals surface area (Å²) >= 11 is 0. The highest BCUT2D eigenvalue weighted by atomic mass is 16.5. The number of fused-ring (bicyclic) bond motifs is 1. The molecule has 1 aromatic heterocycles. The summed E-state index contributed by atoms with van der Waals surface area (Å²) in [6.45, 7) is 4.04. The van der Waals surface area contributed by atoms with Crippen molar-refractivity contribution in [1.82, 2.24) is 15.8 Å². The number of hydrogen-bond donors (Lipinski definition) is 4. The van der Waals surface area contributed by atoms with Gasteiger partial charge in [-0.25, -0.2) is 5.48 Å². The third-order valence-electron chi connectivity index (χ3n) is 4.36. The summed E-state index contributed by atoms with van der Waals surface area (Å²) in [5.74, 6) is -0.599. The Bertz CT molecular complexity index is 896. The number of H-pyrrole nitrogens is 1. The van der Waals surface area contributed by atoms with Gasteiger partial charge in [-0.05, 0) is 35.7 Å². The van der Waals surface area contributed by atoms with Crippen LogP contribution in [0.1, 0.15) is 46.3 Å². The van der Waals surface area contributed by atoms with Gasteiger partial charge >= 0.3 is 0 Å². The van der Waals surface area contributed by atoms with Crippen LogP contribution in [0.2, 0.25) is 0 Å². The quantitative estimate of drug-likeness (QED) is 0.419. The molecule has 0 saturated carbocycles. The Hall–Kier alpha value is -3.12. The summed E-state index contributed by atoms with van der Waals surface area (Å²) in [5, 5.41) is 12.7. The number of para-hydroxylation sites is 1. The Labute approximate surface area is 151 Å². The summed E-state index contributed by atoms with van der Waals surface area (Å²) in [6.07, 6.45) is 0. The number of hydrogen-bond acceptors (Lipinski definition) is 3. The molecule has 0 aliphatic rings. The highest BCUT2D eigenvalue weighted by Gasteiger charge is 2.20. The van der Waals surface area contributed by atoms with E-state index in [1.54, 1.807) is 29.7 Å². The average molecular weight is 351 g/mol. The molecule has 1 heterocycles. The number of rotatable bonds is 5. The molecule has 2 amide bonds. The molecule has 0 saturated heterocycles. The van der Waals surface area contributed by atoms with Crippen LogP contribution >= 0.6 is 0 Å². The zero-order valence-corrected chi connectivity index (χ0v) is 14.6. The molecule has 26 heavy (non-hydrogen) atoms. The fraction of sp³-hybridized carbons (Fsp3) is 0.200. The molecule has 0 aliphatic heterocycles. The number of nitrogens with one attached hydrogen (secondary N) is 3. The lowest BCUT2D eigenvalue weighted by molar-refractivity contribution is 0.0706. The van der Waals surface area contributed by atoms with Gasteiger partial charge in [-0.3, -0.25) is 14.8 Å². The van der Waals surface area contributed by atoms with E-state index < -0.39 is 5.91 Å². The van der Waals surface area contributed by atoms with Crippen molar-refractivity contribution >= 4 is 22.7 Å². The van der Waals surface area contributed by atoms with Crippen molar-refractivity contribution < 1.29 is 14.8 Å². The van der Waals surface area contributed by atoms with Gasteiger partial charge in [0.25, 0.3) is 11.8 Å². The van der Waals surface area contributed by atoms with Crippen LogP contribution in [0.25, 0.3) is 10.9 Å². The molecule has 0 radical (unpaired) electrons. The molecule has 6 heteroatoms. The Morgan fingerprint density at radius 3 is 2.31 bits per heavy atom. The maximum Gasteiger partial charge on any atom is 0.274 e. The van der Waals surface area contributed by atoms with E-state index in [2.05, 4.69) is 10.3 Å². The van der Waals surface area contributed by atoms with Gasteiger partial charge < -0.3 is 10.3 Å². The van der Waals surface area contributed by atoms with Crippen molar-refractivity contribution in [2.75, 3.05) is 0 Å². The molecular formula is C20H21N3O3. The largest absolute Gasteiger partial charge is 0.351 e. The number of amides is 2. The molecule has 0 aliphatic carbocycles. The minimum absolute atomic E-state index is 0.154. The molecule has 134 valence electrons. The normalized spacial score (nSPS) is 12.2. The lowest BCUT2D eigenvalue weighted by atomic mass is 9.95. The SMILES string of the molecule is CC(C)[C@H](NC(=O)c1cc2ccccc2[nH]1)c1ccc(C(=O)NO)cc1. The van der Waals surface area contributed by atoms with Crippen LogP contribution < -0.4 is 10.8 Å². The van der Waals surface area contributed by atoms with Gasteiger partial charge in [0, 0.05) is 16.5 Å².